The van der Waals surface area contributed by atoms with Gasteiger partial charge in [0, 0.05) is 42.9 Å². The van der Waals surface area contributed by atoms with Gasteiger partial charge in [-0.1, -0.05) is 46.3 Å². The Morgan fingerprint density at radius 3 is 2.43 bits per heavy atom. The molecule has 0 aliphatic carbocycles. The van der Waals surface area contributed by atoms with Crippen LogP contribution in [0.3, 0.4) is 0 Å². The Morgan fingerprint density at radius 1 is 1.04 bits per heavy atom. The summed E-state index contributed by atoms with van der Waals surface area (Å²) in [5.41, 5.74) is 8.37. The first-order chi connectivity index (χ1) is 11.1. The number of benzene rings is 2. The number of hydrogen-bond donors (Lipinski definition) is 1. The zero-order valence-electron chi connectivity index (χ0n) is 12.9. The Morgan fingerprint density at radius 2 is 1.74 bits per heavy atom. The van der Waals surface area contributed by atoms with Gasteiger partial charge in [0.05, 0.1) is 5.56 Å². The minimum atomic E-state index is 0.0168. The second kappa shape index (κ2) is 7.15. The monoisotopic (exact) mass is 373 g/mol. The average molecular weight is 374 g/mol. The maximum absolute atomic E-state index is 12.6. The maximum atomic E-state index is 12.6. The Bertz CT molecular complexity index is 682. The molecule has 1 aliphatic heterocycles. The standard InChI is InChI=1S/C18H20BrN3O/c19-15-6-7-17(20)16(12-15)18(23)22-10-8-21(9-11-22)13-14-4-2-1-3-5-14/h1-7,12H,8-11,13,20H2. The number of amides is 1. The Labute approximate surface area is 145 Å². The first-order valence-electron chi connectivity index (χ1n) is 7.74. The van der Waals surface area contributed by atoms with Crippen LogP contribution in [0, 0.1) is 0 Å². The molecule has 0 aromatic heterocycles. The number of piperazine rings is 1. The van der Waals surface area contributed by atoms with Gasteiger partial charge < -0.3 is 10.6 Å². The molecule has 120 valence electrons. The van der Waals surface area contributed by atoms with Gasteiger partial charge in [-0.25, -0.2) is 0 Å². The number of nitrogens with two attached hydrogens (primary N) is 1. The van der Waals surface area contributed by atoms with Crippen LogP contribution in [0.4, 0.5) is 5.69 Å². The molecule has 0 spiro atoms. The number of anilines is 1. The summed E-state index contributed by atoms with van der Waals surface area (Å²) < 4.78 is 0.873. The van der Waals surface area contributed by atoms with E-state index in [1.807, 2.05) is 17.0 Å². The van der Waals surface area contributed by atoms with Crippen molar-refractivity contribution in [3.63, 3.8) is 0 Å². The molecule has 4 nitrogen and oxygen atoms in total. The predicted molar refractivity (Wildman–Crippen MR) is 96.2 cm³/mol. The second-order valence-corrected chi connectivity index (χ2v) is 6.70. The van der Waals surface area contributed by atoms with E-state index in [0.29, 0.717) is 11.3 Å². The molecule has 0 radical (unpaired) electrons. The fourth-order valence-electron chi connectivity index (χ4n) is 2.83. The molecular weight excluding hydrogens is 354 g/mol. The molecule has 0 bridgehead atoms. The second-order valence-electron chi connectivity index (χ2n) is 5.79. The van der Waals surface area contributed by atoms with E-state index in [-0.39, 0.29) is 5.91 Å². The van der Waals surface area contributed by atoms with E-state index in [9.17, 15) is 4.79 Å². The lowest BCUT2D eigenvalue weighted by Crippen LogP contribution is -2.48. The summed E-state index contributed by atoms with van der Waals surface area (Å²) in [6, 6.07) is 15.8. The highest BCUT2D eigenvalue weighted by molar-refractivity contribution is 9.10. The van der Waals surface area contributed by atoms with Crippen LogP contribution in [0.15, 0.2) is 53.0 Å². The van der Waals surface area contributed by atoms with Gasteiger partial charge in [0.2, 0.25) is 0 Å². The van der Waals surface area contributed by atoms with Crippen molar-refractivity contribution in [3.05, 3.63) is 64.1 Å². The van der Waals surface area contributed by atoms with Crippen LogP contribution in [0.25, 0.3) is 0 Å². The molecule has 0 atom stereocenters. The lowest BCUT2D eigenvalue weighted by atomic mass is 10.1. The molecule has 1 heterocycles. The minimum absolute atomic E-state index is 0.0168. The largest absolute Gasteiger partial charge is 0.398 e. The summed E-state index contributed by atoms with van der Waals surface area (Å²) in [4.78, 5) is 16.9. The van der Waals surface area contributed by atoms with Crippen molar-refractivity contribution in [2.45, 2.75) is 6.54 Å². The molecule has 1 fully saturated rings. The van der Waals surface area contributed by atoms with Crippen molar-refractivity contribution < 1.29 is 4.79 Å². The SMILES string of the molecule is Nc1ccc(Br)cc1C(=O)N1CCN(Cc2ccccc2)CC1. The molecule has 2 aromatic rings. The van der Waals surface area contributed by atoms with Crippen molar-refractivity contribution in [2.75, 3.05) is 31.9 Å². The predicted octanol–water partition coefficient (Wildman–Crippen LogP) is 2.99. The average Bonchev–Trinajstić information content (AvgIpc) is 2.58. The van der Waals surface area contributed by atoms with Crippen molar-refractivity contribution in [3.8, 4) is 0 Å². The minimum Gasteiger partial charge on any atom is -0.398 e. The van der Waals surface area contributed by atoms with E-state index in [2.05, 4.69) is 45.1 Å². The van der Waals surface area contributed by atoms with Gasteiger partial charge in [-0.2, -0.15) is 0 Å². The molecule has 0 saturated carbocycles. The molecule has 5 heteroatoms. The van der Waals surface area contributed by atoms with Crippen LogP contribution in [0.1, 0.15) is 15.9 Å². The molecule has 2 aromatic carbocycles. The van der Waals surface area contributed by atoms with Crippen molar-refractivity contribution in [1.82, 2.24) is 9.80 Å². The summed E-state index contributed by atoms with van der Waals surface area (Å²) in [7, 11) is 0. The number of halogens is 1. The number of nitrogens with zero attached hydrogens (tertiary/aromatic N) is 2. The van der Waals surface area contributed by atoms with Gasteiger partial charge in [0.25, 0.3) is 5.91 Å². The molecular formula is C18H20BrN3O. The zero-order chi connectivity index (χ0) is 16.2. The van der Waals surface area contributed by atoms with E-state index in [4.69, 9.17) is 5.73 Å². The molecule has 3 rings (SSSR count). The summed E-state index contributed by atoms with van der Waals surface area (Å²) in [5, 5.41) is 0. The Balaban J connectivity index is 1.60. The molecule has 2 N–H and O–H groups in total. The summed E-state index contributed by atoms with van der Waals surface area (Å²) in [6.07, 6.45) is 0. The molecule has 1 saturated heterocycles. The van der Waals surface area contributed by atoms with E-state index in [0.717, 1.165) is 37.2 Å². The molecule has 1 amide bonds. The van der Waals surface area contributed by atoms with Crippen LogP contribution < -0.4 is 5.73 Å². The van der Waals surface area contributed by atoms with Gasteiger partial charge in [-0.3, -0.25) is 9.69 Å². The van der Waals surface area contributed by atoms with Gasteiger partial charge in [-0.15, -0.1) is 0 Å². The highest BCUT2D eigenvalue weighted by Crippen LogP contribution is 2.21. The van der Waals surface area contributed by atoms with Gasteiger partial charge >= 0.3 is 0 Å². The van der Waals surface area contributed by atoms with Crippen LogP contribution >= 0.6 is 15.9 Å². The third-order valence-electron chi connectivity index (χ3n) is 4.15. The van der Waals surface area contributed by atoms with Gasteiger partial charge in [0.1, 0.15) is 0 Å². The third-order valence-corrected chi connectivity index (χ3v) is 4.65. The summed E-state index contributed by atoms with van der Waals surface area (Å²) in [5.74, 6) is 0.0168. The topological polar surface area (TPSA) is 49.6 Å². The number of rotatable bonds is 3. The van der Waals surface area contributed by atoms with Crippen molar-refractivity contribution >= 4 is 27.5 Å². The summed E-state index contributed by atoms with van der Waals surface area (Å²) >= 11 is 3.40. The molecule has 23 heavy (non-hydrogen) atoms. The highest BCUT2D eigenvalue weighted by atomic mass is 79.9. The van der Waals surface area contributed by atoms with Crippen molar-refractivity contribution in [1.29, 1.82) is 0 Å². The summed E-state index contributed by atoms with van der Waals surface area (Å²) in [6.45, 7) is 4.17. The van der Waals surface area contributed by atoms with Crippen LogP contribution in [0.2, 0.25) is 0 Å². The normalized spacial score (nSPS) is 15.6. The fourth-order valence-corrected chi connectivity index (χ4v) is 3.20. The van der Waals surface area contributed by atoms with E-state index < -0.39 is 0 Å². The Kier molecular flexibility index (Phi) is 4.98. The van der Waals surface area contributed by atoms with Gasteiger partial charge in [0.15, 0.2) is 0 Å². The zero-order valence-corrected chi connectivity index (χ0v) is 14.5. The van der Waals surface area contributed by atoms with Crippen LogP contribution in [-0.4, -0.2) is 41.9 Å². The number of carbonyl (C=O) groups is 1. The number of hydrogen-bond acceptors (Lipinski definition) is 3. The number of carbonyl (C=O) groups excluding carboxylic acids is 1. The lowest BCUT2D eigenvalue weighted by molar-refractivity contribution is 0.0629. The fraction of sp³-hybridized carbons (Fsp3) is 0.278. The van der Waals surface area contributed by atoms with Crippen molar-refractivity contribution in [2.24, 2.45) is 0 Å². The first-order valence-corrected chi connectivity index (χ1v) is 8.53. The van der Waals surface area contributed by atoms with Gasteiger partial charge in [-0.05, 0) is 23.8 Å². The first kappa shape index (κ1) is 16.0. The number of nitrogen functional groups attached to an aromatic ring is 1. The lowest BCUT2D eigenvalue weighted by Gasteiger charge is -2.35. The Hall–Kier alpha value is -1.85. The smallest absolute Gasteiger partial charge is 0.256 e. The third kappa shape index (κ3) is 3.92. The maximum Gasteiger partial charge on any atom is 0.256 e. The van der Waals surface area contributed by atoms with Crippen LogP contribution in [0.5, 0.6) is 0 Å². The van der Waals surface area contributed by atoms with E-state index >= 15 is 0 Å². The molecule has 0 unspecified atom stereocenters. The van der Waals surface area contributed by atoms with Crippen LogP contribution in [-0.2, 0) is 6.54 Å². The van der Waals surface area contributed by atoms with E-state index in [1.165, 1.54) is 5.56 Å². The quantitative estimate of drug-likeness (QED) is 0.841. The highest BCUT2D eigenvalue weighted by Gasteiger charge is 2.23. The van der Waals surface area contributed by atoms with E-state index in [1.54, 1.807) is 12.1 Å². The molecule has 1 aliphatic rings.